The highest BCUT2D eigenvalue weighted by Gasteiger charge is 2.11. The zero-order valence-electron chi connectivity index (χ0n) is 10.0. The minimum atomic E-state index is -0.815. The van der Waals surface area contributed by atoms with Crippen LogP contribution >= 0.6 is 0 Å². The van der Waals surface area contributed by atoms with E-state index in [1.54, 1.807) is 19.1 Å². The van der Waals surface area contributed by atoms with Crippen LogP contribution in [0, 0.1) is 12.8 Å². The molecule has 5 nitrogen and oxygen atoms in total. The molecular formula is C12H17NO4. The lowest BCUT2D eigenvalue weighted by atomic mass is 10.1. The third kappa shape index (κ3) is 4.72. The van der Waals surface area contributed by atoms with Crippen LogP contribution in [0.2, 0.25) is 0 Å². The fourth-order valence-electron chi connectivity index (χ4n) is 1.38. The fraction of sp³-hybridized carbons (Fsp3) is 0.500. The van der Waals surface area contributed by atoms with Crippen molar-refractivity contribution in [3.05, 3.63) is 23.7 Å². The topological polar surface area (TPSA) is 79.5 Å². The number of aliphatic carboxylic acids is 1. The Bertz CT molecular complexity index is 397. The van der Waals surface area contributed by atoms with Gasteiger partial charge in [-0.1, -0.05) is 6.92 Å². The van der Waals surface area contributed by atoms with Gasteiger partial charge in [0, 0.05) is 13.0 Å². The molecule has 0 radical (unpaired) electrons. The van der Waals surface area contributed by atoms with Gasteiger partial charge in [-0.2, -0.15) is 0 Å². The van der Waals surface area contributed by atoms with E-state index >= 15 is 0 Å². The number of carbonyl (C=O) groups is 2. The summed E-state index contributed by atoms with van der Waals surface area (Å²) in [5.41, 5.74) is 0. The molecule has 1 aromatic heterocycles. The molecule has 5 heteroatoms. The number of carboxylic acid groups (broad SMARTS) is 1. The van der Waals surface area contributed by atoms with E-state index < -0.39 is 5.97 Å². The Morgan fingerprint density at radius 2 is 2.18 bits per heavy atom. The molecule has 1 amide bonds. The lowest BCUT2D eigenvalue weighted by Crippen LogP contribution is -2.28. The molecule has 0 aromatic carbocycles. The molecule has 0 aliphatic carbocycles. The monoisotopic (exact) mass is 239 g/mol. The Morgan fingerprint density at radius 1 is 1.47 bits per heavy atom. The standard InChI is InChI=1S/C12H17NO4/c1-8(3-6-11(14)15)7-13-12(16)10-5-4-9(2)17-10/h4-5,8H,3,6-7H2,1-2H3,(H,13,16)(H,14,15). The zero-order valence-corrected chi connectivity index (χ0v) is 10.0. The second-order valence-electron chi connectivity index (χ2n) is 4.16. The van der Waals surface area contributed by atoms with Crippen molar-refractivity contribution >= 4 is 11.9 Å². The van der Waals surface area contributed by atoms with Crippen LogP contribution in [0.1, 0.15) is 36.1 Å². The summed E-state index contributed by atoms with van der Waals surface area (Å²) in [5.74, 6) is 0.0261. The van der Waals surface area contributed by atoms with E-state index in [2.05, 4.69) is 5.32 Å². The molecule has 0 aliphatic rings. The first-order chi connectivity index (χ1) is 7.99. The van der Waals surface area contributed by atoms with Crippen LogP contribution in [0.15, 0.2) is 16.5 Å². The molecule has 17 heavy (non-hydrogen) atoms. The first-order valence-electron chi connectivity index (χ1n) is 5.55. The molecular weight excluding hydrogens is 222 g/mol. The normalized spacial score (nSPS) is 12.1. The number of aryl methyl sites for hydroxylation is 1. The minimum absolute atomic E-state index is 0.122. The number of hydrogen-bond donors (Lipinski definition) is 2. The Hall–Kier alpha value is -1.78. The summed E-state index contributed by atoms with van der Waals surface area (Å²) in [6.07, 6.45) is 0.670. The van der Waals surface area contributed by atoms with Gasteiger partial charge in [-0.05, 0) is 31.4 Å². The van der Waals surface area contributed by atoms with Gasteiger partial charge in [0.2, 0.25) is 0 Å². The van der Waals surface area contributed by atoms with Gasteiger partial charge < -0.3 is 14.8 Å². The molecule has 2 N–H and O–H groups in total. The second-order valence-corrected chi connectivity index (χ2v) is 4.16. The van der Waals surface area contributed by atoms with Gasteiger partial charge in [0.05, 0.1) is 0 Å². The molecule has 0 fully saturated rings. The quantitative estimate of drug-likeness (QED) is 0.793. The summed E-state index contributed by atoms with van der Waals surface area (Å²) in [6, 6.07) is 3.34. The Balaban J connectivity index is 2.30. The van der Waals surface area contributed by atoms with Crippen LogP contribution in [0.25, 0.3) is 0 Å². The van der Waals surface area contributed by atoms with Crippen LogP contribution in [0.3, 0.4) is 0 Å². The van der Waals surface area contributed by atoms with E-state index in [0.29, 0.717) is 18.7 Å². The summed E-state index contributed by atoms with van der Waals surface area (Å²) in [7, 11) is 0. The summed E-state index contributed by atoms with van der Waals surface area (Å²) in [5, 5.41) is 11.2. The van der Waals surface area contributed by atoms with Crippen LogP contribution in [0.4, 0.5) is 0 Å². The van der Waals surface area contributed by atoms with Crippen LogP contribution in [-0.2, 0) is 4.79 Å². The fourth-order valence-corrected chi connectivity index (χ4v) is 1.38. The van der Waals surface area contributed by atoms with Crippen molar-refractivity contribution in [3.8, 4) is 0 Å². The van der Waals surface area contributed by atoms with Gasteiger partial charge in [0.15, 0.2) is 5.76 Å². The molecule has 94 valence electrons. The van der Waals surface area contributed by atoms with Gasteiger partial charge >= 0.3 is 5.97 Å². The van der Waals surface area contributed by atoms with Crippen molar-refractivity contribution in [1.29, 1.82) is 0 Å². The molecule has 1 atom stereocenters. The van der Waals surface area contributed by atoms with E-state index in [0.717, 1.165) is 0 Å². The SMILES string of the molecule is Cc1ccc(C(=O)NCC(C)CCC(=O)O)o1. The first kappa shape index (κ1) is 13.3. The number of hydrogen-bond acceptors (Lipinski definition) is 3. The second kappa shape index (κ2) is 6.08. The average Bonchev–Trinajstić information content (AvgIpc) is 2.70. The summed E-state index contributed by atoms with van der Waals surface area (Å²) in [6.45, 7) is 4.12. The number of carboxylic acids is 1. The predicted octanol–water partition coefficient (Wildman–Crippen LogP) is 1.82. The lowest BCUT2D eigenvalue weighted by molar-refractivity contribution is -0.137. The Labute approximate surface area is 99.8 Å². The predicted molar refractivity (Wildman–Crippen MR) is 61.8 cm³/mol. The average molecular weight is 239 g/mol. The number of amides is 1. The highest BCUT2D eigenvalue weighted by atomic mass is 16.4. The highest BCUT2D eigenvalue weighted by molar-refractivity contribution is 5.91. The summed E-state index contributed by atoms with van der Waals surface area (Å²) >= 11 is 0. The molecule has 1 unspecified atom stereocenters. The van der Waals surface area contributed by atoms with Crippen molar-refractivity contribution in [3.63, 3.8) is 0 Å². The summed E-state index contributed by atoms with van der Waals surface area (Å²) in [4.78, 5) is 21.9. The summed E-state index contributed by atoms with van der Waals surface area (Å²) < 4.78 is 5.17. The minimum Gasteiger partial charge on any atom is -0.481 e. The van der Waals surface area contributed by atoms with E-state index in [-0.39, 0.29) is 24.0 Å². The Kier molecular flexibility index (Phi) is 4.75. The van der Waals surface area contributed by atoms with Crippen molar-refractivity contribution in [2.24, 2.45) is 5.92 Å². The van der Waals surface area contributed by atoms with Gasteiger partial charge in [-0.3, -0.25) is 9.59 Å². The van der Waals surface area contributed by atoms with Crippen molar-refractivity contribution in [1.82, 2.24) is 5.32 Å². The van der Waals surface area contributed by atoms with E-state index in [1.807, 2.05) is 6.92 Å². The van der Waals surface area contributed by atoms with Crippen LogP contribution in [0.5, 0.6) is 0 Å². The van der Waals surface area contributed by atoms with Crippen LogP contribution < -0.4 is 5.32 Å². The smallest absolute Gasteiger partial charge is 0.303 e. The van der Waals surface area contributed by atoms with Gasteiger partial charge in [-0.25, -0.2) is 0 Å². The molecule has 0 bridgehead atoms. The highest BCUT2D eigenvalue weighted by Crippen LogP contribution is 2.07. The number of furan rings is 1. The van der Waals surface area contributed by atoms with Crippen molar-refractivity contribution < 1.29 is 19.1 Å². The maximum Gasteiger partial charge on any atom is 0.303 e. The van der Waals surface area contributed by atoms with E-state index in [4.69, 9.17) is 9.52 Å². The Morgan fingerprint density at radius 3 is 2.71 bits per heavy atom. The maximum absolute atomic E-state index is 11.6. The third-order valence-electron chi connectivity index (χ3n) is 2.43. The number of nitrogens with one attached hydrogen (secondary N) is 1. The molecule has 1 aromatic rings. The van der Waals surface area contributed by atoms with E-state index in [1.165, 1.54) is 0 Å². The number of carbonyl (C=O) groups excluding carboxylic acids is 1. The first-order valence-corrected chi connectivity index (χ1v) is 5.55. The molecule has 0 saturated heterocycles. The molecule has 1 heterocycles. The third-order valence-corrected chi connectivity index (χ3v) is 2.43. The molecule has 1 rings (SSSR count). The van der Waals surface area contributed by atoms with Crippen molar-refractivity contribution in [2.45, 2.75) is 26.7 Å². The van der Waals surface area contributed by atoms with Crippen LogP contribution in [-0.4, -0.2) is 23.5 Å². The van der Waals surface area contributed by atoms with Gasteiger partial charge in [-0.15, -0.1) is 0 Å². The molecule has 0 spiro atoms. The van der Waals surface area contributed by atoms with Gasteiger partial charge in [0.1, 0.15) is 5.76 Å². The van der Waals surface area contributed by atoms with Crippen molar-refractivity contribution in [2.75, 3.05) is 6.54 Å². The largest absolute Gasteiger partial charge is 0.481 e. The lowest BCUT2D eigenvalue weighted by Gasteiger charge is -2.10. The van der Waals surface area contributed by atoms with Gasteiger partial charge in [0.25, 0.3) is 5.91 Å². The molecule has 0 saturated carbocycles. The number of rotatable bonds is 6. The molecule has 0 aliphatic heterocycles. The zero-order chi connectivity index (χ0) is 12.8. The van der Waals surface area contributed by atoms with E-state index in [9.17, 15) is 9.59 Å². The maximum atomic E-state index is 11.6.